The molecule has 2 aromatic carbocycles. The van der Waals surface area contributed by atoms with Crippen LogP contribution in [0.5, 0.6) is 11.5 Å². The van der Waals surface area contributed by atoms with Crippen LogP contribution in [0.2, 0.25) is 0 Å². The average molecular weight is 559 g/mol. The Morgan fingerprint density at radius 3 is 2.03 bits per heavy atom. The Hall–Kier alpha value is -2.62. The fourth-order valence-corrected chi connectivity index (χ4v) is 7.27. The molecule has 4 rings (SSSR count). The maximum atomic E-state index is 13.6. The van der Waals surface area contributed by atoms with Gasteiger partial charge in [-0.15, -0.1) is 0 Å². The molecule has 2 fully saturated rings. The minimum absolute atomic E-state index is 0.0251. The number of likely N-dealkylation sites (tertiary alicyclic amines) is 2. The molecule has 0 amide bonds. The fourth-order valence-electron chi connectivity index (χ4n) is 5.37. The van der Waals surface area contributed by atoms with Gasteiger partial charge in [0.05, 0.1) is 11.5 Å². The number of hydrogen-bond donors (Lipinski definition) is 1. The highest BCUT2D eigenvalue weighted by molar-refractivity contribution is 7.93. The largest absolute Gasteiger partial charge is 0.494 e. The minimum atomic E-state index is -4.09. The van der Waals surface area contributed by atoms with Crippen LogP contribution in [-0.4, -0.2) is 80.0 Å². The van der Waals surface area contributed by atoms with E-state index in [0.717, 1.165) is 43.8 Å². The Balaban J connectivity index is 1.31. The number of ether oxygens (including phenoxy) is 2. The second-order valence-electron chi connectivity index (χ2n) is 10.6. The van der Waals surface area contributed by atoms with Gasteiger partial charge in [-0.25, -0.2) is 8.42 Å². The standard InChI is InChI=1S/C30H42N2O6S/c1-2-3-22-37-27-11-13-28(14-12-27)39(35,36)30(29(33)34)15-19-32(20-16-30)24-25-7-9-26(10-8-25)38-23-21-31-17-5-4-6-18-31/h7-14H,2-6,15-24H2,1H3,(H,33,34). The number of piperidine rings is 2. The van der Waals surface area contributed by atoms with Crippen molar-refractivity contribution >= 4 is 15.8 Å². The summed E-state index contributed by atoms with van der Waals surface area (Å²) in [7, 11) is -4.09. The quantitative estimate of drug-likeness (QED) is 0.356. The summed E-state index contributed by atoms with van der Waals surface area (Å²) in [5.41, 5.74) is 1.09. The highest BCUT2D eigenvalue weighted by Gasteiger charge is 2.53. The number of carbonyl (C=O) groups is 1. The van der Waals surface area contributed by atoms with Crippen LogP contribution >= 0.6 is 0 Å². The van der Waals surface area contributed by atoms with E-state index in [2.05, 4.69) is 16.7 Å². The van der Waals surface area contributed by atoms with Gasteiger partial charge in [-0.05, 0) is 87.2 Å². The normalized spacial score (nSPS) is 18.5. The molecule has 0 bridgehead atoms. The molecule has 0 saturated carbocycles. The Labute approximate surface area is 232 Å². The zero-order chi connectivity index (χ0) is 27.7. The maximum Gasteiger partial charge on any atom is 0.325 e. The number of aliphatic carboxylic acids is 1. The summed E-state index contributed by atoms with van der Waals surface area (Å²) in [6.07, 6.45) is 5.86. The molecular formula is C30H42N2O6S. The molecule has 0 unspecified atom stereocenters. The number of carboxylic acid groups (broad SMARTS) is 1. The third-order valence-corrected chi connectivity index (χ3v) is 10.4. The summed E-state index contributed by atoms with van der Waals surface area (Å²) >= 11 is 0. The first-order chi connectivity index (χ1) is 18.8. The van der Waals surface area contributed by atoms with Gasteiger partial charge in [0.15, 0.2) is 14.6 Å². The van der Waals surface area contributed by atoms with Crippen molar-refractivity contribution in [2.24, 2.45) is 0 Å². The molecule has 39 heavy (non-hydrogen) atoms. The topological polar surface area (TPSA) is 96.4 Å². The van der Waals surface area contributed by atoms with E-state index < -0.39 is 20.6 Å². The number of hydrogen-bond acceptors (Lipinski definition) is 7. The van der Waals surface area contributed by atoms with Gasteiger partial charge in [0.2, 0.25) is 0 Å². The molecule has 2 heterocycles. The van der Waals surface area contributed by atoms with Crippen LogP contribution in [0, 0.1) is 0 Å². The van der Waals surface area contributed by atoms with Crippen molar-refractivity contribution in [3.05, 3.63) is 54.1 Å². The van der Waals surface area contributed by atoms with Crippen LogP contribution in [0.3, 0.4) is 0 Å². The lowest BCUT2D eigenvalue weighted by atomic mass is 9.95. The summed E-state index contributed by atoms with van der Waals surface area (Å²) in [6, 6.07) is 14.1. The van der Waals surface area contributed by atoms with Crippen molar-refractivity contribution in [3.63, 3.8) is 0 Å². The lowest BCUT2D eigenvalue weighted by Gasteiger charge is -2.38. The van der Waals surface area contributed by atoms with Gasteiger partial charge in [-0.3, -0.25) is 14.6 Å². The van der Waals surface area contributed by atoms with Crippen molar-refractivity contribution < 1.29 is 27.8 Å². The number of unbranched alkanes of at least 4 members (excludes halogenated alkanes) is 1. The summed E-state index contributed by atoms with van der Waals surface area (Å²) in [6.45, 7) is 7.96. The van der Waals surface area contributed by atoms with Gasteiger partial charge in [0.1, 0.15) is 18.1 Å². The molecule has 0 radical (unpaired) electrons. The number of nitrogens with zero attached hydrogens (tertiary/aromatic N) is 2. The smallest absolute Gasteiger partial charge is 0.325 e. The molecule has 1 N–H and O–H groups in total. The fraction of sp³-hybridized carbons (Fsp3) is 0.567. The molecule has 0 aromatic heterocycles. The molecule has 2 aliphatic heterocycles. The summed E-state index contributed by atoms with van der Waals surface area (Å²) in [5.74, 6) is 0.142. The Morgan fingerprint density at radius 1 is 0.846 bits per heavy atom. The van der Waals surface area contributed by atoms with Crippen molar-refractivity contribution in [1.82, 2.24) is 9.80 Å². The molecule has 2 aliphatic rings. The number of carboxylic acids is 1. The van der Waals surface area contributed by atoms with Crippen molar-refractivity contribution in [1.29, 1.82) is 0 Å². The Morgan fingerprint density at radius 2 is 1.44 bits per heavy atom. The van der Waals surface area contributed by atoms with Crippen LogP contribution in [0.25, 0.3) is 0 Å². The lowest BCUT2D eigenvalue weighted by Crippen LogP contribution is -2.54. The predicted octanol–water partition coefficient (Wildman–Crippen LogP) is 4.62. The van der Waals surface area contributed by atoms with E-state index in [1.807, 2.05) is 24.3 Å². The second kappa shape index (κ2) is 13.6. The van der Waals surface area contributed by atoms with Gasteiger partial charge in [0.25, 0.3) is 0 Å². The molecule has 2 aromatic rings. The highest BCUT2D eigenvalue weighted by atomic mass is 32.2. The van der Waals surface area contributed by atoms with E-state index >= 15 is 0 Å². The lowest BCUT2D eigenvalue weighted by molar-refractivity contribution is -0.141. The minimum Gasteiger partial charge on any atom is -0.494 e. The third kappa shape index (κ3) is 7.32. The SMILES string of the molecule is CCCCOc1ccc(S(=O)(=O)C2(C(=O)O)CCN(Cc3ccc(OCCN4CCCCC4)cc3)CC2)cc1. The predicted molar refractivity (Wildman–Crippen MR) is 151 cm³/mol. The molecule has 0 atom stereocenters. The van der Waals surface area contributed by atoms with Gasteiger partial charge in [-0.1, -0.05) is 31.9 Å². The zero-order valence-electron chi connectivity index (χ0n) is 23.0. The number of sulfone groups is 1. The molecule has 8 nitrogen and oxygen atoms in total. The Bertz CT molecular complexity index is 1150. The van der Waals surface area contributed by atoms with Gasteiger partial charge >= 0.3 is 5.97 Å². The first-order valence-corrected chi connectivity index (χ1v) is 15.7. The first kappa shape index (κ1) is 29.4. The number of rotatable bonds is 13. The zero-order valence-corrected chi connectivity index (χ0v) is 23.8. The van der Waals surface area contributed by atoms with Gasteiger partial charge < -0.3 is 14.6 Å². The van der Waals surface area contributed by atoms with Gasteiger partial charge in [-0.2, -0.15) is 0 Å². The van der Waals surface area contributed by atoms with E-state index in [9.17, 15) is 18.3 Å². The Kier molecular flexibility index (Phi) is 10.3. The van der Waals surface area contributed by atoms with E-state index in [1.165, 1.54) is 31.4 Å². The molecule has 0 spiro atoms. The van der Waals surface area contributed by atoms with Crippen LogP contribution in [-0.2, 0) is 21.2 Å². The average Bonchev–Trinajstić information content (AvgIpc) is 2.95. The van der Waals surface area contributed by atoms with Crippen LogP contribution < -0.4 is 9.47 Å². The van der Waals surface area contributed by atoms with Crippen LogP contribution in [0.4, 0.5) is 0 Å². The van der Waals surface area contributed by atoms with E-state index in [-0.39, 0.29) is 17.7 Å². The second-order valence-corrected chi connectivity index (χ2v) is 12.9. The first-order valence-electron chi connectivity index (χ1n) is 14.2. The van der Waals surface area contributed by atoms with Crippen LogP contribution in [0.1, 0.15) is 57.4 Å². The van der Waals surface area contributed by atoms with Crippen LogP contribution in [0.15, 0.2) is 53.4 Å². The molecule has 214 valence electrons. The van der Waals surface area contributed by atoms with E-state index in [0.29, 0.717) is 38.6 Å². The summed E-state index contributed by atoms with van der Waals surface area (Å²) in [4.78, 5) is 17.0. The van der Waals surface area contributed by atoms with Gasteiger partial charge in [0, 0.05) is 26.2 Å². The van der Waals surface area contributed by atoms with Crippen molar-refractivity contribution in [3.8, 4) is 11.5 Å². The molecular weight excluding hydrogens is 516 g/mol. The summed E-state index contributed by atoms with van der Waals surface area (Å²) in [5, 5.41) is 10.1. The maximum absolute atomic E-state index is 13.6. The summed E-state index contributed by atoms with van der Waals surface area (Å²) < 4.78 is 36.8. The molecule has 9 heteroatoms. The number of benzene rings is 2. The molecule has 0 aliphatic carbocycles. The van der Waals surface area contributed by atoms with Crippen molar-refractivity contribution in [2.45, 2.75) is 68.1 Å². The van der Waals surface area contributed by atoms with E-state index in [4.69, 9.17) is 9.47 Å². The van der Waals surface area contributed by atoms with Crippen molar-refractivity contribution in [2.75, 3.05) is 45.9 Å². The highest BCUT2D eigenvalue weighted by Crippen LogP contribution is 2.37. The van der Waals surface area contributed by atoms with E-state index in [1.54, 1.807) is 12.1 Å². The monoisotopic (exact) mass is 558 g/mol. The molecule has 2 saturated heterocycles. The third-order valence-electron chi connectivity index (χ3n) is 7.92.